The summed E-state index contributed by atoms with van der Waals surface area (Å²) in [6.07, 6.45) is 79.3. The summed E-state index contributed by atoms with van der Waals surface area (Å²) in [5, 5.41) is 0. The van der Waals surface area contributed by atoms with Crippen molar-refractivity contribution in [3.63, 3.8) is 0 Å². The normalized spacial score (nSPS) is 12.2. The van der Waals surface area contributed by atoms with Crippen LogP contribution in [0.25, 0.3) is 0 Å². The molecule has 0 radical (unpaired) electrons. The first-order valence-electron chi connectivity index (χ1n) is 33.8. The Labute approximate surface area is 489 Å². The smallest absolute Gasteiger partial charge is 0.0665 e. The fourth-order valence-corrected chi connectivity index (χ4v) is 11.1. The van der Waals surface area contributed by atoms with Crippen molar-refractivity contribution in [2.45, 2.75) is 355 Å². The average Bonchev–Trinajstić information content (AvgIpc) is 3.43. The molecule has 0 fully saturated rings. The Balaban J connectivity index is 0.0000289. The predicted octanol–water partition coefficient (Wildman–Crippen LogP) is 25.9. The van der Waals surface area contributed by atoms with E-state index in [0.717, 1.165) is 62.0 Å². The summed E-state index contributed by atoms with van der Waals surface area (Å²) in [4.78, 5) is 10.9. The number of para-hydroxylation sites is 2. The fraction of sp³-hybridized carbons (Fsp3) is 0.753. The van der Waals surface area contributed by atoms with Crippen LogP contribution < -0.4 is 0 Å². The first kappa shape index (κ1) is 71.9. The van der Waals surface area contributed by atoms with Gasteiger partial charge in [0.05, 0.1) is 22.8 Å². The molecule has 2 aromatic rings. The second kappa shape index (κ2) is 57.6. The number of allylic oxidation sites excluding steroid dienone is 4. The maximum Gasteiger partial charge on any atom is 0.0665 e. The van der Waals surface area contributed by atoms with Gasteiger partial charge in [0, 0.05) is 20.4 Å². The van der Waals surface area contributed by atoms with E-state index in [4.69, 9.17) is 9.98 Å². The van der Waals surface area contributed by atoms with Gasteiger partial charge in [-0.2, -0.15) is 0 Å². The maximum absolute atomic E-state index is 5.46. The molecule has 3 heteroatoms. The van der Waals surface area contributed by atoms with Crippen molar-refractivity contribution in [1.29, 1.82) is 0 Å². The van der Waals surface area contributed by atoms with Crippen LogP contribution in [0.1, 0.15) is 353 Å². The number of unbranched alkanes of at least 4 members (excludes halogenated alkanes) is 42. The molecule has 0 N–H and O–H groups in total. The van der Waals surface area contributed by atoms with Gasteiger partial charge in [-0.05, 0) is 107 Å². The van der Waals surface area contributed by atoms with Gasteiger partial charge in [-0.15, -0.1) is 0 Å². The summed E-state index contributed by atoms with van der Waals surface area (Å²) in [6, 6.07) is 17.8. The first-order valence-corrected chi connectivity index (χ1v) is 33.8. The summed E-state index contributed by atoms with van der Waals surface area (Å²) >= 11 is 0. The van der Waals surface area contributed by atoms with E-state index in [1.54, 1.807) is 0 Å². The van der Waals surface area contributed by atoms with Crippen molar-refractivity contribution >= 4 is 22.8 Å². The SMILES string of the molecule is CCCCCCCCCCCCCCCCCCCCCC=CCCCc1ccccc1N=C(CC)C(CCCCC)=Nc1ccccc1CCCC=CCCCCCCCCCCCCCCCCCCCCC.[Pd]. The Kier molecular flexibility index (Phi) is 54.5. The molecule has 2 aromatic carbocycles. The minimum atomic E-state index is 0. The second-order valence-corrected chi connectivity index (χ2v) is 23.2. The van der Waals surface area contributed by atoms with E-state index < -0.39 is 0 Å². The van der Waals surface area contributed by atoms with Crippen LogP contribution in [-0.4, -0.2) is 11.4 Å². The van der Waals surface area contributed by atoms with Crippen LogP contribution in [0, 0.1) is 0 Å². The van der Waals surface area contributed by atoms with Crippen LogP contribution in [0.4, 0.5) is 11.4 Å². The molecule has 0 atom stereocenters. The van der Waals surface area contributed by atoms with Crippen LogP contribution in [0.15, 0.2) is 82.8 Å². The van der Waals surface area contributed by atoms with Gasteiger partial charge in [0.25, 0.3) is 0 Å². The molecule has 0 saturated carbocycles. The quantitative estimate of drug-likeness (QED) is 0.0273. The number of benzene rings is 2. The van der Waals surface area contributed by atoms with E-state index in [1.807, 2.05) is 0 Å². The van der Waals surface area contributed by atoms with E-state index in [0.29, 0.717) is 0 Å². The molecule has 438 valence electrons. The van der Waals surface area contributed by atoms with E-state index in [1.165, 1.54) is 299 Å². The number of nitrogens with zero attached hydrogens (tertiary/aromatic N) is 2. The zero-order valence-corrected chi connectivity index (χ0v) is 52.8. The molecule has 0 aliphatic heterocycles. The molecule has 2 rings (SSSR count). The molecular formula is C73H126N2Pd. The largest absolute Gasteiger partial charge is 0.251 e. The minimum absolute atomic E-state index is 0. The van der Waals surface area contributed by atoms with Crippen LogP contribution in [-0.2, 0) is 33.3 Å². The fourth-order valence-electron chi connectivity index (χ4n) is 11.1. The number of aryl methyl sites for hydroxylation is 2. The predicted molar refractivity (Wildman–Crippen MR) is 342 cm³/mol. The maximum atomic E-state index is 5.46. The van der Waals surface area contributed by atoms with Crippen LogP contribution in [0.2, 0.25) is 0 Å². The Bertz CT molecular complexity index is 1630. The first-order chi connectivity index (χ1) is 37.2. The van der Waals surface area contributed by atoms with Crippen LogP contribution in [0.3, 0.4) is 0 Å². The summed E-state index contributed by atoms with van der Waals surface area (Å²) in [5.74, 6) is 0. The molecule has 0 aliphatic rings. The van der Waals surface area contributed by atoms with Crippen molar-refractivity contribution in [2.75, 3.05) is 0 Å². The van der Waals surface area contributed by atoms with Gasteiger partial charge in [-0.25, -0.2) is 0 Å². The third kappa shape index (κ3) is 43.8. The van der Waals surface area contributed by atoms with Crippen molar-refractivity contribution in [2.24, 2.45) is 9.98 Å². The second-order valence-electron chi connectivity index (χ2n) is 23.2. The van der Waals surface area contributed by atoms with Gasteiger partial charge < -0.3 is 0 Å². The summed E-state index contributed by atoms with van der Waals surface area (Å²) in [6.45, 7) is 9.18. The number of aliphatic imine (C=N–C) groups is 2. The zero-order chi connectivity index (χ0) is 53.4. The van der Waals surface area contributed by atoms with Crippen LogP contribution >= 0.6 is 0 Å². The Morgan fingerprint density at radius 2 is 0.539 bits per heavy atom. The number of hydrogen-bond donors (Lipinski definition) is 0. The van der Waals surface area contributed by atoms with E-state index in [-0.39, 0.29) is 20.4 Å². The Hall–Kier alpha value is -2.08. The monoisotopic (exact) mass is 1140 g/mol. The minimum Gasteiger partial charge on any atom is -0.251 e. The molecular weight excluding hydrogens is 1010 g/mol. The van der Waals surface area contributed by atoms with E-state index in [2.05, 4.69) is 101 Å². The third-order valence-electron chi connectivity index (χ3n) is 16.1. The Morgan fingerprint density at radius 1 is 0.289 bits per heavy atom. The van der Waals surface area contributed by atoms with Gasteiger partial charge in [-0.1, -0.05) is 332 Å². The van der Waals surface area contributed by atoms with E-state index >= 15 is 0 Å². The molecule has 0 unspecified atom stereocenters. The molecule has 0 heterocycles. The van der Waals surface area contributed by atoms with Crippen molar-refractivity contribution < 1.29 is 20.4 Å². The van der Waals surface area contributed by atoms with Crippen LogP contribution in [0.5, 0.6) is 0 Å². The molecule has 2 nitrogen and oxygen atoms in total. The van der Waals surface area contributed by atoms with Crippen molar-refractivity contribution in [3.8, 4) is 0 Å². The number of hydrogen-bond acceptors (Lipinski definition) is 2. The molecule has 0 spiro atoms. The molecule has 0 aliphatic carbocycles. The van der Waals surface area contributed by atoms with Gasteiger partial charge in [-0.3, -0.25) is 9.98 Å². The van der Waals surface area contributed by atoms with Crippen molar-refractivity contribution in [1.82, 2.24) is 0 Å². The molecule has 0 bridgehead atoms. The molecule has 0 saturated heterocycles. The summed E-state index contributed by atoms with van der Waals surface area (Å²) in [5.41, 5.74) is 7.36. The molecule has 0 amide bonds. The summed E-state index contributed by atoms with van der Waals surface area (Å²) < 4.78 is 0. The standard InChI is InChI=1S/C73H126N2.Pd/c1-5-9-12-14-16-18-20-22-24-26-28-30-32-34-36-38-40-42-44-46-48-50-52-55-61-68-63-57-59-65-71(68)74-70(8-4)73(67-54-11-7-3)75-72-66-60-58-64-69(72)62-56-53-51-49-47-45-43-41-39-37-35-33-31-29-27-25-23-21-19-17-15-13-10-6-2;/h48-51,57-60,63-66H,5-47,52-56,61-62,67H2,1-4H3;. The van der Waals surface area contributed by atoms with E-state index in [9.17, 15) is 0 Å². The topological polar surface area (TPSA) is 24.7 Å². The van der Waals surface area contributed by atoms with Gasteiger partial charge in [0.15, 0.2) is 0 Å². The van der Waals surface area contributed by atoms with Gasteiger partial charge in [0.2, 0.25) is 0 Å². The van der Waals surface area contributed by atoms with Gasteiger partial charge >= 0.3 is 0 Å². The molecule has 0 aromatic heterocycles. The summed E-state index contributed by atoms with van der Waals surface area (Å²) in [7, 11) is 0. The molecule has 76 heavy (non-hydrogen) atoms. The number of rotatable bonds is 56. The third-order valence-corrected chi connectivity index (χ3v) is 16.1. The van der Waals surface area contributed by atoms with Crippen molar-refractivity contribution in [3.05, 3.63) is 84.0 Å². The zero-order valence-electron chi connectivity index (χ0n) is 51.2. The van der Waals surface area contributed by atoms with Gasteiger partial charge in [0.1, 0.15) is 0 Å². The average molecular weight is 1140 g/mol. The Morgan fingerprint density at radius 3 is 0.842 bits per heavy atom.